The molecule has 0 radical (unpaired) electrons. The molecule has 76 valence electrons. The third kappa shape index (κ3) is 2.17. The molecule has 0 heterocycles. The minimum absolute atomic E-state index is 0.0277. The summed E-state index contributed by atoms with van der Waals surface area (Å²) in [6.45, 7) is 2.05. The van der Waals surface area contributed by atoms with Crippen LogP contribution in [0.4, 0.5) is 0 Å². The molecule has 1 aromatic rings. The van der Waals surface area contributed by atoms with Gasteiger partial charge < -0.3 is 14.9 Å². The van der Waals surface area contributed by atoms with Crippen molar-refractivity contribution in [2.75, 3.05) is 6.61 Å². The fraction of sp³-hybridized carbons (Fsp3) is 0.222. The lowest BCUT2D eigenvalue weighted by Gasteiger charge is -2.16. The first-order chi connectivity index (χ1) is 6.56. The third-order valence-electron chi connectivity index (χ3n) is 1.56. The molecule has 0 aliphatic heterocycles. The van der Waals surface area contributed by atoms with Crippen LogP contribution < -0.4 is 9.84 Å². The van der Waals surface area contributed by atoms with Crippen LogP contribution in [-0.4, -0.2) is 17.7 Å². The monoisotopic (exact) mass is 259 g/mol. The van der Waals surface area contributed by atoms with Gasteiger partial charge in [0, 0.05) is 4.47 Å². The second-order valence-corrected chi connectivity index (χ2v) is 3.38. The molecule has 1 N–H and O–H groups in total. The standard InChI is InChI=1S/C9H9BrO4/c1-2-14-7-4-5(9(12)13)3-6(10)8(7)11/h3-4,11H,2H2,1H3,(H,12,13)/p-1. The second kappa shape index (κ2) is 4.32. The van der Waals surface area contributed by atoms with Gasteiger partial charge in [-0.25, -0.2) is 4.79 Å². The molecule has 14 heavy (non-hydrogen) atoms. The highest BCUT2D eigenvalue weighted by Crippen LogP contribution is 2.32. The maximum Gasteiger partial charge on any atom is 0.335 e. The van der Waals surface area contributed by atoms with Gasteiger partial charge in [-0.2, -0.15) is 0 Å². The molecule has 1 aromatic carbocycles. The van der Waals surface area contributed by atoms with Crippen molar-refractivity contribution < 1.29 is 19.7 Å². The highest BCUT2D eigenvalue weighted by Gasteiger charge is 2.08. The molecular formula is C9H8BrO4-. The zero-order valence-corrected chi connectivity index (χ0v) is 9.00. The van der Waals surface area contributed by atoms with Gasteiger partial charge in [0.15, 0.2) is 0 Å². The summed E-state index contributed by atoms with van der Waals surface area (Å²) in [4.78, 5) is 10.6. The van der Waals surface area contributed by atoms with Crippen molar-refractivity contribution in [1.82, 2.24) is 0 Å². The Bertz CT molecular complexity index is 362. The summed E-state index contributed by atoms with van der Waals surface area (Å²) in [5.41, 5.74) is 0.0277. The van der Waals surface area contributed by atoms with E-state index in [1.165, 1.54) is 12.1 Å². The van der Waals surface area contributed by atoms with Gasteiger partial charge in [-0.1, -0.05) is 21.7 Å². The van der Waals surface area contributed by atoms with Crippen LogP contribution in [0.3, 0.4) is 0 Å². The zero-order valence-electron chi connectivity index (χ0n) is 7.41. The number of carboxylic acids is 1. The molecule has 0 atom stereocenters. The van der Waals surface area contributed by atoms with Crippen LogP contribution >= 0.6 is 15.9 Å². The Morgan fingerprint density at radius 2 is 2.29 bits per heavy atom. The van der Waals surface area contributed by atoms with Crippen molar-refractivity contribution in [2.24, 2.45) is 0 Å². The summed E-state index contributed by atoms with van der Waals surface area (Å²) in [5, 5.41) is 20.1. The average Bonchev–Trinajstić information content (AvgIpc) is 2.12. The Balaban J connectivity index is 3.20. The first-order valence-electron chi connectivity index (χ1n) is 3.93. The number of carboxylic acid groups (broad SMARTS) is 1. The maximum atomic E-state index is 11.4. The molecule has 0 aliphatic rings. The SMILES string of the molecule is CCOc1cc(C(=O)O)cc(Br)c1[O-]. The molecule has 0 unspecified atom stereocenters. The van der Waals surface area contributed by atoms with E-state index in [1.807, 2.05) is 0 Å². The van der Waals surface area contributed by atoms with Gasteiger partial charge >= 0.3 is 5.97 Å². The van der Waals surface area contributed by atoms with Crippen molar-refractivity contribution in [3.63, 3.8) is 0 Å². The first-order valence-corrected chi connectivity index (χ1v) is 4.72. The molecule has 0 aromatic heterocycles. The normalized spacial score (nSPS) is 9.86. The van der Waals surface area contributed by atoms with Crippen molar-refractivity contribution in [1.29, 1.82) is 0 Å². The van der Waals surface area contributed by atoms with Crippen molar-refractivity contribution in [3.8, 4) is 11.5 Å². The van der Waals surface area contributed by atoms with Crippen LogP contribution in [0.5, 0.6) is 11.5 Å². The van der Waals surface area contributed by atoms with Gasteiger partial charge in [0.2, 0.25) is 0 Å². The average molecular weight is 260 g/mol. The van der Waals surface area contributed by atoms with E-state index < -0.39 is 5.97 Å². The van der Waals surface area contributed by atoms with E-state index in [-0.39, 0.29) is 21.5 Å². The van der Waals surface area contributed by atoms with Gasteiger partial charge in [0.1, 0.15) is 5.75 Å². The lowest BCUT2D eigenvalue weighted by molar-refractivity contribution is -0.271. The Kier molecular flexibility index (Phi) is 3.35. The van der Waals surface area contributed by atoms with Crippen molar-refractivity contribution in [2.45, 2.75) is 6.92 Å². The summed E-state index contributed by atoms with van der Waals surface area (Å²) in [5.74, 6) is -1.37. The van der Waals surface area contributed by atoms with Crippen LogP contribution in [0.2, 0.25) is 0 Å². The Morgan fingerprint density at radius 3 is 2.79 bits per heavy atom. The summed E-state index contributed by atoms with van der Waals surface area (Å²) in [6, 6.07) is 2.48. The molecule has 5 heteroatoms. The van der Waals surface area contributed by atoms with Crippen molar-refractivity contribution >= 4 is 21.9 Å². The Labute approximate surface area is 89.3 Å². The van der Waals surface area contributed by atoms with Gasteiger partial charge in [-0.15, -0.1) is 0 Å². The smallest absolute Gasteiger partial charge is 0.335 e. The van der Waals surface area contributed by atoms with E-state index in [0.29, 0.717) is 6.61 Å². The first kappa shape index (κ1) is 10.8. The van der Waals surface area contributed by atoms with E-state index >= 15 is 0 Å². The molecular weight excluding hydrogens is 252 g/mol. The van der Waals surface area contributed by atoms with E-state index in [9.17, 15) is 9.90 Å². The molecule has 0 saturated heterocycles. The molecule has 0 amide bonds. The minimum atomic E-state index is -1.09. The predicted molar refractivity (Wildman–Crippen MR) is 51.7 cm³/mol. The summed E-state index contributed by atoms with van der Waals surface area (Å²) < 4.78 is 5.20. The fourth-order valence-corrected chi connectivity index (χ4v) is 1.40. The van der Waals surface area contributed by atoms with Crippen LogP contribution in [0, 0.1) is 0 Å². The Morgan fingerprint density at radius 1 is 1.64 bits per heavy atom. The number of benzene rings is 1. The van der Waals surface area contributed by atoms with E-state index in [1.54, 1.807) is 6.92 Å². The summed E-state index contributed by atoms with van der Waals surface area (Å²) in [6.07, 6.45) is 0. The third-order valence-corrected chi connectivity index (χ3v) is 2.15. The van der Waals surface area contributed by atoms with E-state index in [0.717, 1.165) is 0 Å². The highest BCUT2D eigenvalue weighted by atomic mass is 79.9. The molecule has 0 aliphatic carbocycles. The molecule has 0 fully saturated rings. The number of halogens is 1. The van der Waals surface area contributed by atoms with E-state index in [2.05, 4.69) is 15.9 Å². The molecule has 1 rings (SSSR count). The van der Waals surface area contributed by atoms with Gasteiger partial charge in [-0.05, 0) is 19.1 Å². The second-order valence-electron chi connectivity index (χ2n) is 2.52. The number of ether oxygens (including phenoxy) is 1. The predicted octanol–water partition coefficient (Wildman–Crippen LogP) is 1.62. The minimum Gasteiger partial charge on any atom is -0.869 e. The van der Waals surface area contributed by atoms with Gasteiger partial charge in [-0.3, -0.25) is 0 Å². The highest BCUT2D eigenvalue weighted by molar-refractivity contribution is 9.10. The van der Waals surface area contributed by atoms with Crippen LogP contribution in [0.1, 0.15) is 17.3 Å². The van der Waals surface area contributed by atoms with Crippen LogP contribution in [-0.2, 0) is 0 Å². The summed E-state index contributed by atoms with van der Waals surface area (Å²) in [7, 11) is 0. The number of aromatic carboxylic acids is 1. The largest absolute Gasteiger partial charge is 0.869 e. The van der Waals surface area contributed by atoms with Crippen LogP contribution in [0.15, 0.2) is 16.6 Å². The molecule has 0 saturated carbocycles. The summed E-state index contributed by atoms with van der Waals surface area (Å²) >= 11 is 2.98. The molecule has 0 bridgehead atoms. The van der Waals surface area contributed by atoms with Gasteiger partial charge in [0.05, 0.1) is 12.2 Å². The lowest BCUT2D eigenvalue weighted by Crippen LogP contribution is -2.03. The molecule has 0 spiro atoms. The zero-order chi connectivity index (χ0) is 10.7. The van der Waals surface area contributed by atoms with Crippen LogP contribution in [0.25, 0.3) is 0 Å². The Hall–Kier alpha value is -1.23. The number of hydrogen-bond donors (Lipinski definition) is 1. The number of carbonyl (C=O) groups is 1. The van der Waals surface area contributed by atoms with E-state index in [4.69, 9.17) is 9.84 Å². The maximum absolute atomic E-state index is 11.4. The van der Waals surface area contributed by atoms with Crippen molar-refractivity contribution in [3.05, 3.63) is 22.2 Å². The molecule has 4 nitrogen and oxygen atoms in total. The number of hydrogen-bond acceptors (Lipinski definition) is 3. The topological polar surface area (TPSA) is 69.6 Å². The lowest BCUT2D eigenvalue weighted by atomic mass is 10.2. The fourth-order valence-electron chi connectivity index (χ4n) is 0.954. The number of rotatable bonds is 3. The quantitative estimate of drug-likeness (QED) is 0.896. The van der Waals surface area contributed by atoms with Gasteiger partial charge in [0.25, 0.3) is 0 Å².